The lowest BCUT2D eigenvalue weighted by Crippen LogP contribution is -2.51. The van der Waals surface area contributed by atoms with Crippen molar-refractivity contribution in [1.29, 1.82) is 0 Å². The lowest BCUT2D eigenvalue weighted by atomic mass is 10.1. The fourth-order valence-electron chi connectivity index (χ4n) is 3.42. The van der Waals surface area contributed by atoms with Gasteiger partial charge in [0.25, 0.3) is 15.9 Å². The molecule has 0 saturated heterocycles. The summed E-state index contributed by atoms with van der Waals surface area (Å²) in [4.78, 5) is 22.0. The fourth-order valence-corrected chi connectivity index (χ4v) is 4.94. The minimum Gasteiger partial charge on any atom is -0.497 e. The van der Waals surface area contributed by atoms with Gasteiger partial charge in [-0.3, -0.25) is 4.90 Å². The van der Waals surface area contributed by atoms with E-state index in [1.54, 1.807) is 0 Å². The van der Waals surface area contributed by atoms with Crippen LogP contribution >= 0.6 is 0 Å². The van der Waals surface area contributed by atoms with Crippen LogP contribution in [-0.4, -0.2) is 45.7 Å². The quantitative estimate of drug-likeness (QED) is 0.516. The highest BCUT2D eigenvalue weighted by Gasteiger charge is 2.44. The molecule has 0 radical (unpaired) electrons. The number of hydrogen-bond acceptors (Lipinski definition) is 8. The first kappa shape index (κ1) is 23.2. The smallest absolute Gasteiger partial charge is 0.344 e. The largest absolute Gasteiger partial charge is 0.497 e. The third kappa shape index (κ3) is 3.73. The molecule has 3 aromatic rings. The van der Waals surface area contributed by atoms with Crippen molar-refractivity contribution in [2.75, 3.05) is 30.5 Å². The molecular weight excluding hydrogens is 474 g/mol. The Morgan fingerprint density at radius 1 is 1.00 bits per heavy atom. The Balaban J connectivity index is 1.87. The predicted molar refractivity (Wildman–Crippen MR) is 116 cm³/mol. The molecule has 0 saturated carbocycles. The molecule has 34 heavy (non-hydrogen) atoms. The van der Waals surface area contributed by atoms with Crippen molar-refractivity contribution in [2.24, 2.45) is 0 Å². The molecule has 178 valence electrons. The van der Waals surface area contributed by atoms with Gasteiger partial charge in [-0.1, -0.05) is 0 Å². The van der Waals surface area contributed by atoms with E-state index < -0.39 is 39.8 Å². The Kier molecular flexibility index (Phi) is 5.96. The highest BCUT2D eigenvalue weighted by atomic mass is 32.2. The number of carbonyl (C=O) groups excluding carboxylic acids is 1. The van der Waals surface area contributed by atoms with Crippen molar-refractivity contribution in [2.45, 2.75) is 11.4 Å². The molecule has 2 amide bonds. The SMILES string of the molecule is COc1cc(F)c(CN2C(=O)N(c3cnc(OC)c(OC)c3)S(=O)(=O)c3cccnc32)c(F)c1. The number of nitrogens with zero attached hydrogens (tertiary/aromatic N) is 4. The Morgan fingerprint density at radius 2 is 1.71 bits per heavy atom. The van der Waals surface area contributed by atoms with Crippen LogP contribution in [0, 0.1) is 11.6 Å². The van der Waals surface area contributed by atoms with Crippen LogP contribution in [0.4, 0.5) is 25.1 Å². The van der Waals surface area contributed by atoms with Gasteiger partial charge in [0.1, 0.15) is 22.3 Å². The second kappa shape index (κ2) is 8.74. The average molecular weight is 492 g/mol. The molecule has 0 N–H and O–H groups in total. The Labute approximate surface area is 193 Å². The summed E-state index contributed by atoms with van der Waals surface area (Å²) in [6, 6.07) is 4.64. The monoisotopic (exact) mass is 492 g/mol. The van der Waals surface area contributed by atoms with Crippen LogP contribution in [-0.2, 0) is 16.6 Å². The first-order valence-electron chi connectivity index (χ1n) is 9.64. The van der Waals surface area contributed by atoms with Crippen LogP contribution < -0.4 is 23.4 Å². The minimum absolute atomic E-state index is 0.0529. The van der Waals surface area contributed by atoms with Crippen LogP contribution in [0.15, 0.2) is 47.6 Å². The van der Waals surface area contributed by atoms with E-state index in [1.165, 1.54) is 45.7 Å². The lowest BCUT2D eigenvalue weighted by molar-refractivity contribution is 0.253. The van der Waals surface area contributed by atoms with E-state index in [0.717, 1.165) is 23.2 Å². The molecule has 13 heteroatoms. The summed E-state index contributed by atoms with van der Waals surface area (Å²) in [6.45, 7) is -0.642. The number of methoxy groups -OCH3 is 3. The molecule has 1 aliphatic rings. The van der Waals surface area contributed by atoms with Crippen LogP contribution in [0.1, 0.15) is 5.56 Å². The van der Waals surface area contributed by atoms with Crippen LogP contribution in [0.2, 0.25) is 0 Å². The van der Waals surface area contributed by atoms with Gasteiger partial charge < -0.3 is 14.2 Å². The topological polar surface area (TPSA) is 111 Å². The fraction of sp³-hybridized carbons (Fsp3) is 0.190. The number of urea groups is 1. The lowest BCUT2D eigenvalue weighted by Gasteiger charge is -2.35. The summed E-state index contributed by atoms with van der Waals surface area (Å²) in [7, 11) is -0.540. The molecular formula is C21H18F2N4O6S. The molecule has 3 heterocycles. The molecule has 0 unspecified atom stereocenters. The molecule has 1 aliphatic heterocycles. The number of anilines is 2. The molecule has 2 aromatic heterocycles. The molecule has 0 spiro atoms. The maximum absolute atomic E-state index is 14.7. The van der Waals surface area contributed by atoms with Crippen molar-refractivity contribution in [1.82, 2.24) is 9.97 Å². The van der Waals surface area contributed by atoms with Gasteiger partial charge in [0.05, 0.1) is 39.8 Å². The van der Waals surface area contributed by atoms with E-state index in [4.69, 9.17) is 14.2 Å². The van der Waals surface area contributed by atoms with Gasteiger partial charge in [0.2, 0.25) is 0 Å². The van der Waals surface area contributed by atoms with E-state index in [0.29, 0.717) is 4.31 Å². The molecule has 0 atom stereocenters. The summed E-state index contributed by atoms with van der Waals surface area (Å²) >= 11 is 0. The number of hydrogen-bond donors (Lipinski definition) is 0. The van der Waals surface area contributed by atoms with Crippen molar-refractivity contribution in [3.05, 3.63) is 59.9 Å². The van der Waals surface area contributed by atoms with Crippen molar-refractivity contribution in [3.8, 4) is 17.4 Å². The highest BCUT2D eigenvalue weighted by Crippen LogP contribution is 2.39. The number of pyridine rings is 2. The number of ether oxygens (including phenoxy) is 3. The summed E-state index contributed by atoms with van der Waals surface area (Å²) in [5, 5.41) is 0. The number of fused-ring (bicyclic) bond motifs is 1. The van der Waals surface area contributed by atoms with Crippen molar-refractivity contribution >= 4 is 27.6 Å². The standard InChI is InChI=1S/C21H18F2N4O6S/c1-31-13-8-15(22)14(16(23)9-13)11-26-19-18(5-4-6-24-19)34(29,30)27(21(26)28)12-7-17(32-2)20(33-3)25-10-12/h4-10H,11H2,1-3H3. The van der Waals surface area contributed by atoms with Crippen molar-refractivity contribution < 1.29 is 36.2 Å². The van der Waals surface area contributed by atoms with Gasteiger partial charge in [-0.15, -0.1) is 0 Å². The van der Waals surface area contributed by atoms with Crippen LogP contribution in [0.25, 0.3) is 0 Å². The predicted octanol–water partition coefficient (Wildman–Crippen LogP) is 3.12. The van der Waals surface area contributed by atoms with Gasteiger partial charge in [0.15, 0.2) is 11.6 Å². The summed E-state index contributed by atoms with van der Waals surface area (Å²) in [6.07, 6.45) is 2.37. The van der Waals surface area contributed by atoms with Crippen LogP contribution in [0.3, 0.4) is 0 Å². The Bertz CT molecular complexity index is 1360. The zero-order valence-corrected chi connectivity index (χ0v) is 19.0. The molecule has 0 aliphatic carbocycles. The van der Waals surface area contributed by atoms with E-state index >= 15 is 0 Å². The van der Waals surface area contributed by atoms with E-state index in [2.05, 4.69) is 9.97 Å². The molecule has 0 bridgehead atoms. The van der Waals surface area contributed by atoms with Gasteiger partial charge in [-0.05, 0) is 12.1 Å². The number of sulfonamides is 1. The maximum atomic E-state index is 14.7. The average Bonchev–Trinajstić information content (AvgIpc) is 2.82. The molecule has 0 fully saturated rings. The molecule has 10 nitrogen and oxygen atoms in total. The number of aromatic nitrogens is 2. The van der Waals surface area contributed by atoms with Gasteiger partial charge in [0, 0.05) is 30.0 Å². The van der Waals surface area contributed by atoms with Crippen molar-refractivity contribution in [3.63, 3.8) is 0 Å². The maximum Gasteiger partial charge on any atom is 0.344 e. The highest BCUT2D eigenvalue weighted by molar-refractivity contribution is 7.94. The van der Waals surface area contributed by atoms with Crippen LogP contribution in [0.5, 0.6) is 17.4 Å². The number of carbonyl (C=O) groups is 1. The van der Waals surface area contributed by atoms with Gasteiger partial charge >= 0.3 is 6.03 Å². The number of halogens is 2. The van der Waals surface area contributed by atoms with Gasteiger partial charge in [-0.2, -0.15) is 4.31 Å². The zero-order valence-electron chi connectivity index (χ0n) is 18.2. The van der Waals surface area contributed by atoms with E-state index in [9.17, 15) is 22.0 Å². The second-order valence-electron chi connectivity index (χ2n) is 6.94. The Hall–Kier alpha value is -4.00. The number of amides is 2. The first-order valence-corrected chi connectivity index (χ1v) is 11.1. The normalized spacial score (nSPS) is 14.6. The van der Waals surface area contributed by atoms with Gasteiger partial charge in [-0.25, -0.2) is 32.0 Å². The second-order valence-corrected chi connectivity index (χ2v) is 8.69. The minimum atomic E-state index is -4.45. The Morgan fingerprint density at radius 3 is 2.32 bits per heavy atom. The summed E-state index contributed by atoms with van der Waals surface area (Å²) in [5.41, 5.74) is -0.645. The number of benzene rings is 1. The van der Waals surface area contributed by atoms with E-state index in [-0.39, 0.29) is 33.8 Å². The molecule has 4 rings (SSSR count). The van der Waals surface area contributed by atoms with E-state index in [1.807, 2.05) is 0 Å². The molecule has 1 aromatic carbocycles. The first-order chi connectivity index (χ1) is 16.2. The third-order valence-corrected chi connectivity index (χ3v) is 6.77. The summed E-state index contributed by atoms with van der Waals surface area (Å²) in [5.74, 6) is -2.15. The summed E-state index contributed by atoms with van der Waals surface area (Å²) < 4.78 is 71.6. The number of rotatable bonds is 6. The zero-order chi connectivity index (χ0) is 24.6. The third-order valence-electron chi connectivity index (χ3n) is 5.05.